The van der Waals surface area contributed by atoms with Gasteiger partial charge in [-0.1, -0.05) is 158 Å². The molecule has 0 atom stereocenters. The van der Waals surface area contributed by atoms with Gasteiger partial charge in [0.25, 0.3) is 0 Å². The molecule has 9 aromatic carbocycles. The van der Waals surface area contributed by atoms with Gasteiger partial charge in [-0.25, -0.2) is 0 Å². The Morgan fingerprint density at radius 3 is 1.46 bits per heavy atom. The number of hydrogen-bond donors (Lipinski definition) is 0. The van der Waals surface area contributed by atoms with E-state index in [4.69, 9.17) is 0 Å². The largest absolute Gasteiger partial charge is 0.310 e. The van der Waals surface area contributed by atoms with Gasteiger partial charge in [-0.2, -0.15) is 0 Å². The summed E-state index contributed by atoms with van der Waals surface area (Å²) in [5.74, 6) is 0. The van der Waals surface area contributed by atoms with Crippen LogP contribution in [0.25, 0.3) is 54.6 Å². The van der Waals surface area contributed by atoms with Crippen LogP contribution in [0.1, 0.15) is 22.3 Å². The van der Waals surface area contributed by atoms with Crippen LogP contribution in [0, 0.1) is 0 Å². The van der Waals surface area contributed by atoms with E-state index < -0.39 is 5.41 Å². The predicted octanol–water partition coefficient (Wildman–Crippen LogP) is 13.0. The van der Waals surface area contributed by atoms with E-state index in [1.54, 1.807) is 0 Å². The molecule has 0 saturated carbocycles. The van der Waals surface area contributed by atoms with Crippen molar-refractivity contribution >= 4 is 49.4 Å². The highest BCUT2D eigenvalue weighted by atomic mass is 15.2. The molecule has 1 heteroatoms. The van der Waals surface area contributed by atoms with Gasteiger partial charge in [0, 0.05) is 5.69 Å². The number of anilines is 3. The third kappa shape index (κ3) is 3.51. The highest BCUT2D eigenvalue weighted by molar-refractivity contribution is 6.25. The Morgan fingerprint density at radius 1 is 0.320 bits per heavy atom. The minimum Gasteiger partial charge on any atom is -0.310 e. The molecule has 0 saturated heterocycles. The molecule has 2 aliphatic rings. The lowest BCUT2D eigenvalue weighted by Gasteiger charge is -2.45. The Hall–Kier alpha value is -6.44. The van der Waals surface area contributed by atoms with Crippen LogP contribution in [0.5, 0.6) is 0 Å². The van der Waals surface area contributed by atoms with Gasteiger partial charge in [0.05, 0.1) is 16.8 Å². The van der Waals surface area contributed by atoms with Crippen LogP contribution < -0.4 is 4.90 Å². The summed E-state index contributed by atoms with van der Waals surface area (Å²) >= 11 is 0. The Kier molecular flexibility index (Phi) is 5.66. The van der Waals surface area contributed by atoms with Crippen LogP contribution in [-0.2, 0) is 5.41 Å². The van der Waals surface area contributed by atoms with Crippen LogP contribution in [0.2, 0.25) is 0 Å². The first-order valence-electron chi connectivity index (χ1n) is 17.5. The molecule has 9 aromatic rings. The molecule has 11 rings (SSSR count). The van der Waals surface area contributed by atoms with Crippen LogP contribution in [0.15, 0.2) is 188 Å². The first-order valence-corrected chi connectivity index (χ1v) is 17.5. The van der Waals surface area contributed by atoms with E-state index in [0.717, 1.165) is 5.69 Å². The Morgan fingerprint density at radius 2 is 0.800 bits per heavy atom. The average molecular weight is 634 g/mol. The van der Waals surface area contributed by atoms with E-state index in [1.807, 2.05) is 0 Å². The second-order valence-electron chi connectivity index (χ2n) is 13.6. The molecule has 1 spiro atoms. The summed E-state index contributed by atoms with van der Waals surface area (Å²) in [4.78, 5) is 2.45. The lowest BCUT2D eigenvalue weighted by Crippen LogP contribution is -2.36. The molecule has 0 N–H and O–H groups in total. The van der Waals surface area contributed by atoms with Gasteiger partial charge in [0.1, 0.15) is 0 Å². The van der Waals surface area contributed by atoms with Crippen molar-refractivity contribution in [3.8, 4) is 22.3 Å². The average Bonchev–Trinajstić information content (AvgIpc) is 3.49. The Bertz CT molecular complexity index is 2750. The van der Waals surface area contributed by atoms with Crippen molar-refractivity contribution in [2.24, 2.45) is 0 Å². The minimum absolute atomic E-state index is 0.513. The van der Waals surface area contributed by atoms with Crippen molar-refractivity contribution in [3.63, 3.8) is 0 Å². The molecule has 0 fully saturated rings. The van der Waals surface area contributed by atoms with Gasteiger partial charge in [-0.15, -0.1) is 0 Å². The Balaban J connectivity index is 1.27. The molecule has 232 valence electrons. The maximum absolute atomic E-state index is 2.45. The molecule has 1 heterocycles. The highest BCUT2D eigenvalue weighted by Crippen LogP contribution is 2.65. The number of nitrogens with zero attached hydrogens (tertiary/aromatic N) is 1. The Labute approximate surface area is 291 Å². The molecule has 1 nitrogen and oxygen atoms in total. The molecule has 0 aromatic heterocycles. The highest BCUT2D eigenvalue weighted by Gasteiger charge is 2.52. The summed E-state index contributed by atoms with van der Waals surface area (Å²) < 4.78 is 0. The minimum atomic E-state index is -0.513. The quantitative estimate of drug-likeness (QED) is 0.171. The second kappa shape index (κ2) is 10.3. The lowest BCUT2D eigenvalue weighted by atomic mass is 9.63. The molecule has 50 heavy (non-hydrogen) atoms. The topological polar surface area (TPSA) is 3.24 Å². The first kappa shape index (κ1) is 27.5. The van der Waals surface area contributed by atoms with E-state index in [-0.39, 0.29) is 0 Å². The third-order valence-electron chi connectivity index (χ3n) is 11.2. The molecule has 0 amide bonds. The number of fused-ring (bicyclic) bond motifs is 15. The fourth-order valence-corrected chi connectivity index (χ4v) is 9.34. The standard InChI is InChI=1S/C49H31N/c1-2-15-33(16-3-1)50-46-27-12-10-25-44(46)49(45-26-11-13-28-47(45)50)43-24-9-8-21-40(43)41-23-14-22-34(48(41)49)32-29-30-39-37-19-5-4-17-35(37)36-18-6-7-20-38(36)42(39)31-32/h1-31H. The SMILES string of the molecule is c1ccc(N2c3ccccc3C3(c4ccccc4-c4cccc(-c5ccc6c7ccccc7c7ccccc7c6c5)c43)c3ccccc32)cc1. The monoisotopic (exact) mass is 633 g/mol. The summed E-state index contributed by atoms with van der Waals surface area (Å²) in [5.41, 5.74) is 13.5. The van der Waals surface area contributed by atoms with Crippen molar-refractivity contribution in [1.82, 2.24) is 0 Å². The molecule has 0 radical (unpaired) electrons. The predicted molar refractivity (Wildman–Crippen MR) is 210 cm³/mol. The maximum Gasteiger partial charge on any atom is 0.0760 e. The van der Waals surface area contributed by atoms with Crippen molar-refractivity contribution < 1.29 is 0 Å². The fraction of sp³-hybridized carbons (Fsp3) is 0.0204. The van der Waals surface area contributed by atoms with Gasteiger partial charge in [-0.3, -0.25) is 0 Å². The van der Waals surface area contributed by atoms with E-state index in [1.165, 1.54) is 88.2 Å². The third-order valence-corrected chi connectivity index (χ3v) is 11.2. The van der Waals surface area contributed by atoms with Crippen LogP contribution in [0.4, 0.5) is 17.1 Å². The van der Waals surface area contributed by atoms with E-state index in [2.05, 4.69) is 193 Å². The molecular weight excluding hydrogens is 603 g/mol. The van der Waals surface area contributed by atoms with Crippen LogP contribution >= 0.6 is 0 Å². The van der Waals surface area contributed by atoms with Crippen LogP contribution in [-0.4, -0.2) is 0 Å². The second-order valence-corrected chi connectivity index (χ2v) is 13.6. The van der Waals surface area contributed by atoms with Gasteiger partial charge in [-0.05, 0) is 107 Å². The number of rotatable bonds is 2. The molecule has 0 unspecified atom stereocenters. The van der Waals surface area contributed by atoms with Crippen molar-refractivity contribution in [3.05, 3.63) is 210 Å². The molecule has 1 aliphatic carbocycles. The van der Waals surface area contributed by atoms with E-state index in [0.29, 0.717) is 0 Å². The van der Waals surface area contributed by atoms with Gasteiger partial charge >= 0.3 is 0 Å². The van der Waals surface area contributed by atoms with Crippen molar-refractivity contribution in [2.75, 3.05) is 4.90 Å². The fourth-order valence-electron chi connectivity index (χ4n) is 9.34. The maximum atomic E-state index is 2.45. The molecule has 1 aliphatic heterocycles. The summed E-state index contributed by atoms with van der Waals surface area (Å²) in [5, 5.41) is 7.77. The number of benzene rings is 9. The number of hydrogen-bond acceptors (Lipinski definition) is 1. The summed E-state index contributed by atoms with van der Waals surface area (Å²) in [6.45, 7) is 0. The van der Waals surface area contributed by atoms with Gasteiger partial charge in [0.15, 0.2) is 0 Å². The first-order chi connectivity index (χ1) is 24.8. The zero-order valence-corrected chi connectivity index (χ0v) is 27.3. The van der Waals surface area contributed by atoms with Gasteiger partial charge in [0.2, 0.25) is 0 Å². The van der Waals surface area contributed by atoms with E-state index in [9.17, 15) is 0 Å². The van der Waals surface area contributed by atoms with Crippen molar-refractivity contribution in [2.45, 2.75) is 5.41 Å². The molecule has 0 bridgehead atoms. The smallest absolute Gasteiger partial charge is 0.0760 e. The summed E-state index contributed by atoms with van der Waals surface area (Å²) in [6, 6.07) is 69.9. The summed E-state index contributed by atoms with van der Waals surface area (Å²) in [6.07, 6.45) is 0. The zero-order chi connectivity index (χ0) is 32.8. The lowest BCUT2D eigenvalue weighted by molar-refractivity contribution is 0.754. The zero-order valence-electron chi connectivity index (χ0n) is 27.3. The van der Waals surface area contributed by atoms with Crippen LogP contribution in [0.3, 0.4) is 0 Å². The van der Waals surface area contributed by atoms with E-state index >= 15 is 0 Å². The van der Waals surface area contributed by atoms with Crippen molar-refractivity contribution in [1.29, 1.82) is 0 Å². The van der Waals surface area contributed by atoms with Gasteiger partial charge < -0.3 is 4.90 Å². The number of para-hydroxylation sites is 3. The molecular formula is C49H31N. The summed E-state index contributed by atoms with van der Waals surface area (Å²) in [7, 11) is 0. The normalized spacial score (nSPS) is 13.7.